The first-order chi connectivity index (χ1) is 7.66. The Kier molecular flexibility index (Phi) is 3.05. The third-order valence-corrected chi connectivity index (χ3v) is 2.69. The summed E-state index contributed by atoms with van der Waals surface area (Å²) in [6.45, 7) is 4.28. The highest BCUT2D eigenvalue weighted by molar-refractivity contribution is 5.93. The van der Waals surface area contributed by atoms with Crippen LogP contribution < -0.4 is 10.9 Å². The summed E-state index contributed by atoms with van der Waals surface area (Å²) >= 11 is 0. The van der Waals surface area contributed by atoms with Crippen molar-refractivity contribution >= 4 is 5.91 Å². The molecule has 0 radical (unpaired) electrons. The number of carbonyl (C=O) groups is 1. The summed E-state index contributed by atoms with van der Waals surface area (Å²) in [5, 5.41) is 3.28. The first kappa shape index (κ1) is 10.9. The summed E-state index contributed by atoms with van der Waals surface area (Å²) in [5.74, 6) is -0.0235. The lowest BCUT2D eigenvalue weighted by Gasteiger charge is -2.31. The van der Waals surface area contributed by atoms with Gasteiger partial charge in [-0.05, 0) is 13.0 Å². The zero-order valence-electron chi connectivity index (χ0n) is 9.19. The van der Waals surface area contributed by atoms with Crippen LogP contribution in [0.5, 0.6) is 0 Å². The van der Waals surface area contributed by atoms with Crippen LogP contribution in [0.4, 0.5) is 0 Å². The molecule has 2 heterocycles. The Bertz CT molecular complexity index is 421. The second-order valence-corrected chi connectivity index (χ2v) is 4.05. The molecule has 0 spiro atoms. The maximum atomic E-state index is 12.0. The van der Waals surface area contributed by atoms with Gasteiger partial charge in [-0.1, -0.05) is 0 Å². The van der Waals surface area contributed by atoms with Crippen molar-refractivity contribution in [3.63, 3.8) is 0 Å². The van der Waals surface area contributed by atoms with E-state index < -0.39 is 0 Å². The van der Waals surface area contributed by atoms with Crippen molar-refractivity contribution in [2.24, 2.45) is 0 Å². The van der Waals surface area contributed by atoms with Crippen molar-refractivity contribution in [2.45, 2.75) is 13.0 Å². The highest BCUT2D eigenvalue weighted by Gasteiger charge is 2.21. The number of amides is 1. The van der Waals surface area contributed by atoms with E-state index in [-0.39, 0.29) is 11.5 Å². The standard InChI is InChI=1S/C11H15N3O2/c1-8-7-14(5-4-12-8)11(16)9-2-3-10(15)13-6-9/h2-3,6,8,12H,4-5,7H2,1H3,(H,13,15). The average molecular weight is 221 g/mol. The zero-order valence-corrected chi connectivity index (χ0v) is 9.19. The Balaban J connectivity index is 2.12. The Morgan fingerprint density at radius 1 is 1.50 bits per heavy atom. The Morgan fingerprint density at radius 2 is 2.31 bits per heavy atom. The number of hydrogen-bond acceptors (Lipinski definition) is 3. The van der Waals surface area contributed by atoms with Crippen molar-refractivity contribution in [3.05, 3.63) is 34.2 Å². The quantitative estimate of drug-likeness (QED) is 0.690. The van der Waals surface area contributed by atoms with Crippen molar-refractivity contribution in [1.82, 2.24) is 15.2 Å². The molecule has 16 heavy (non-hydrogen) atoms. The van der Waals surface area contributed by atoms with Gasteiger partial charge in [0, 0.05) is 37.9 Å². The number of pyridine rings is 1. The van der Waals surface area contributed by atoms with Crippen molar-refractivity contribution < 1.29 is 4.79 Å². The van der Waals surface area contributed by atoms with Crippen molar-refractivity contribution in [3.8, 4) is 0 Å². The highest BCUT2D eigenvalue weighted by atomic mass is 16.2. The summed E-state index contributed by atoms with van der Waals surface area (Å²) in [6, 6.07) is 3.26. The molecule has 5 nitrogen and oxygen atoms in total. The summed E-state index contributed by atoms with van der Waals surface area (Å²) in [6.07, 6.45) is 1.47. The van der Waals surface area contributed by atoms with Crippen LogP contribution in [0, 0.1) is 0 Å². The zero-order chi connectivity index (χ0) is 11.5. The SMILES string of the molecule is CC1CN(C(=O)c2ccc(=O)[nH]c2)CCN1. The van der Waals surface area contributed by atoms with E-state index in [1.54, 1.807) is 11.0 Å². The highest BCUT2D eigenvalue weighted by Crippen LogP contribution is 2.05. The number of H-pyrrole nitrogens is 1. The van der Waals surface area contributed by atoms with Crippen LogP contribution in [-0.4, -0.2) is 41.5 Å². The van der Waals surface area contributed by atoms with E-state index in [1.165, 1.54) is 12.3 Å². The van der Waals surface area contributed by atoms with Gasteiger partial charge >= 0.3 is 0 Å². The maximum Gasteiger partial charge on any atom is 0.255 e. The van der Waals surface area contributed by atoms with Crippen molar-refractivity contribution in [1.29, 1.82) is 0 Å². The third-order valence-electron chi connectivity index (χ3n) is 2.69. The van der Waals surface area contributed by atoms with Gasteiger partial charge in [0.15, 0.2) is 0 Å². The molecule has 1 saturated heterocycles. The molecular weight excluding hydrogens is 206 g/mol. The van der Waals surface area contributed by atoms with Gasteiger partial charge in [0.2, 0.25) is 5.56 Å². The van der Waals surface area contributed by atoms with Crippen LogP contribution in [0.25, 0.3) is 0 Å². The maximum absolute atomic E-state index is 12.0. The second-order valence-electron chi connectivity index (χ2n) is 4.05. The van der Waals surface area contributed by atoms with Gasteiger partial charge in [-0.3, -0.25) is 9.59 Å². The molecule has 1 unspecified atom stereocenters. The van der Waals surface area contributed by atoms with E-state index in [2.05, 4.69) is 10.3 Å². The van der Waals surface area contributed by atoms with Crippen molar-refractivity contribution in [2.75, 3.05) is 19.6 Å². The fourth-order valence-electron chi connectivity index (χ4n) is 1.84. The molecule has 1 aliphatic rings. The minimum atomic E-state index is -0.190. The lowest BCUT2D eigenvalue weighted by atomic mass is 10.2. The smallest absolute Gasteiger partial charge is 0.255 e. The first-order valence-corrected chi connectivity index (χ1v) is 5.38. The van der Waals surface area contributed by atoms with Gasteiger partial charge in [0.05, 0.1) is 5.56 Å². The number of rotatable bonds is 1. The summed E-state index contributed by atoms with van der Waals surface area (Å²) in [5.41, 5.74) is 0.346. The van der Waals surface area contributed by atoms with Gasteiger partial charge in [0.25, 0.3) is 5.91 Å². The van der Waals surface area contributed by atoms with Gasteiger partial charge in [-0.2, -0.15) is 0 Å². The molecule has 0 bridgehead atoms. The number of piperazine rings is 1. The van der Waals surface area contributed by atoms with E-state index in [0.717, 1.165) is 6.54 Å². The van der Waals surface area contributed by atoms with E-state index >= 15 is 0 Å². The fourth-order valence-corrected chi connectivity index (χ4v) is 1.84. The molecule has 1 amide bonds. The number of nitrogens with zero attached hydrogens (tertiary/aromatic N) is 1. The number of aromatic nitrogens is 1. The molecule has 2 rings (SSSR count). The topological polar surface area (TPSA) is 65.2 Å². The summed E-state index contributed by atoms with van der Waals surface area (Å²) < 4.78 is 0. The first-order valence-electron chi connectivity index (χ1n) is 5.38. The molecule has 2 N–H and O–H groups in total. The average Bonchev–Trinajstić information content (AvgIpc) is 2.29. The second kappa shape index (κ2) is 4.49. The predicted molar refractivity (Wildman–Crippen MR) is 60.4 cm³/mol. The minimum absolute atomic E-state index is 0.0235. The molecule has 86 valence electrons. The molecule has 5 heteroatoms. The van der Waals surface area contributed by atoms with E-state index in [9.17, 15) is 9.59 Å². The van der Waals surface area contributed by atoms with Gasteiger partial charge in [-0.15, -0.1) is 0 Å². The monoisotopic (exact) mass is 221 g/mol. The molecule has 1 atom stereocenters. The van der Waals surface area contributed by atoms with Gasteiger partial charge in [0.1, 0.15) is 0 Å². The van der Waals surface area contributed by atoms with Crippen LogP contribution in [0.3, 0.4) is 0 Å². The lowest BCUT2D eigenvalue weighted by molar-refractivity contribution is 0.0708. The van der Waals surface area contributed by atoms with Crippen LogP contribution in [0.15, 0.2) is 23.1 Å². The van der Waals surface area contributed by atoms with E-state index in [1.807, 2.05) is 6.92 Å². The summed E-state index contributed by atoms with van der Waals surface area (Å²) in [7, 11) is 0. The minimum Gasteiger partial charge on any atom is -0.336 e. The Morgan fingerprint density at radius 3 is 2.94 bits per heavy atom. The summed E-state index contributed by atoms with van der Waals surface area (Å²) in [4.78, 5) is 27.2. The molecule has 0 aromatic carbocycles. The lowest BCUT2D eigenvalue weighted by Crippen LogP contribution is -2.51. The predicted octanol–water partition coefficient (Wildman–Crippen LogP) is -0.191. The number of hydrogen-bond donors (Lipinski definition) is 2. The fraction of sp³-hybridized carbons (Fsp3) is 0.455. The van der Waals surface area contributed by atoms with Crippen LogP contribution in [0.1, 0.15) is 17.3 Å². The van der Waals surface area contributed by atoms with Crippen LogP contribution in [0.2, 0.25) is 0 Å². The van der Waals surface area contributed by atoms with E-state index in [4.69, 9.17) is 0 Å². The van der Waals surface area contributed by atoms with Gasteiger partial charge in [-0.25, -0.2) is 0 Å². The number of nitrogens with one attached hydrogen (secondary N) is 2. The number of aromatic amines is 1. The molecule has 1 fully saturated rings. The molecule has 1 aliphatic heterocycles. The van der Waals surface area contributed by atoms with E-state index in [0.29, 0.717) is 24.7 Å². The molecule has 1 aromatic heterocycles. The van der Waals surface area contributed by atoms with Crippen LogP contribution >= 0.6 is 0 Å². The molecule has 1 aromatic rings. The Hall–Kier alpha value is -1.62. The number of carbonyl (C=O) groups excluding carboxylic acids is 1. The molecular formula is C11H15N3O2. The molecule has 0 aliphatic carbocycles. The normalized spacial score (nSPS) is 20.8. The van der Waals surface area contributed by atoms with Gasteiger partial charge < -0.3 is 15.2 Å². The largest absolute Gasteiger partial charge is 0.336 e. The Labute approximate surface area is 93.5 Å². The van der Waals surface area contributed by atoms with Crippen LogP contribution in [-0.2, 0) is 0 Å². The molecule has 0 saturated carbocycles. The third kappa shape index (κ3) is 2.30.